The average molecular weight is 342 g/mol. The monoisotopic (exact) mass is 341 g/mol. The molecule has 4 nitrogen and oxygen atoms in total. The van der Waals surface area contributed by atoms with Crippen molar-refractivity contribution in [2.45, 2.75) is 6.54 Å². The summed E-state index contributed by atoms with van der Waals surface area (Å²) in [4.78, 5) is 21.5. The molecular weight excluding hydrogens is 322 g/mol. The third kappa shape index (κ3) is 3.17. The Labute approximate surface area is 147 Å². The second-order valence-electron chi connectivity index (χ2n) is 6.76. The predicted molar refractivity (Wildman–Crippen MR) is 93.8 cm³/mol. The van der Waals surface area contributed by atoms with E-state index in [0.29, 0.717) is 22.4 Å². The summed E-state index contributed by atoms with van der Waals surface area (Å²) in [6, 6.07) is 13.3. The Kier molecular flexibility index (Phi) is 4.25. The molecule has 24 heavy (non-hydrogen) atoms. The van der Waals surface area contributed by atoms with Gasteiger partial charge in [0.25, 0.3) is 5.91 Å². The first-order valence-corrected chi connectivity index (χ1v) is 8.74. The number of likely N-dealkylation sites (tertiary alicyclic amines) is 2. The van der Waals surface area contributed by atoms with Crippen LogP contribution in [0.4, 0.5) is 0 Å². The van der Waals surface area contributed by atoms with Crippen molar-refractivity contribution >= 4 is 17.5 Å². The van der Waals surface area contributed by atoms with Gasteiger partial charge in [0.05, 0.1) is 5.69 Å². The van der Waals surface area contributed by atoms with E-state index in [1.165, 1.54) is 0 Å². The molecule has 0 spiro atoms. The molecule has 0 N–H and O–H groups in total. The first-order valence-electron chi connectivity index (χ1n) is 8.36. The van der Waals surface area contributed by atoms with Crippen molar-refractivity contribution in [3.63, 3.8) is 0 Å². The third-order valence-electron chi connectivity index (χ3n) is 5.03. The quantitative estimate of drug-likeness (QED) is 0.861. The van der Waals surface area contributed by atoms with Crippen LogP contribution in [0.2, 0.25) is 5.02 Å². The van der Waals surface area contributed by atoms with E-state index in [0.717, 1.165) is 38.4 Å². The van der Waals surface area contributed by atoms with Gasteiger partial charge in [0.1, 0.15) is 0 Å². The summed E-state index contributed by atoms with van der Waals surface area (Å²) >= 11 is 6.00. The molecule has 1 amide bonds. The molecule has 0 bridgehead atoms. The predicted octanol–water partition coefficient (Wildman–Crippen LogP) is 2.94. The molecule has 0 radical (unpaired) electrons. The summed E-state index contributed by atoms with van der Waals surface area (Å²) in [5.41, 5.74) is 1.80. The van der Waals surface area contributed by atoms with Gasteiger partial charge in [0, 0.05) is 49.5 Å². The number of hydrogen-bond acceptors (Lipinski definition) is 3. The summed E-state index contributed by atoms with van der Waals surface area (Å²) in [5, 5.41) is 0.613. The molecule has 2 fully saturated rings. The Balaban J connectivity index is 1.37. The van der Waals surface area contributed by atoms with Gasteiger partial charge in [-0.3, -0.25) is 14.7 Å². The number of amides is 1. The van der Waals surface area contributed by atoms with Gasteiger partial charge in [0.2, 0.25) is 0 Å². The summed E-state index contributed by atoms with van der Waals surface area (Å²) in [5.74, 6) is 1.23. The van der Waals surface area contributed by atoms with E-state index >= 15 is 0 Å². The number of pyridine rings is 1. The van der Waals surface area contributed by atoms with Crippen molar-refractivity contribution in [2.24, 2.45) is 11.8 Å². The lowest BCUT2D eigenvalue weighted by molar-refractivity contribution is 0.0773. The number of aromatic nitrogens is 1. The van der Waals surface area contributed by atoms with Crippen LogP contribution >= 0.6 is 11.6 Å². The van der Waals surface area contributed by atoms with Gasteiger partial charge in [-0.05, 0) is 42.2 Å². The molecule has 3 heterocycles. The van der Waals surface area contributed by atoms with Gasteiger partial charge in [-0.25, -0.2) is 0 Å². The standard InChI is InChI=1S/C19H20ClN3O/c20-17-5-3-4-14(8-17)19(24)23-11-15-9-22(10-16(15)12-23)13-18-6-1-2-7-21-18/h1-8,15-16H,9-13H2/t15-,16+. The van der Waals surface area contributed by atoms with Crippen LogP contribution in [0, 0.1) is 11.8 Å². The molecule has 2 aliphatic heterocycles. The first kappa shape index (κ1) is 15.6. The van der Waals surface area contributed by atoms with E-state index in [9.17, 15) is 4.79 Å². The zero-order valence-corrected chi connectivity index (χ0v) is 14.2. The van der Waals surface area contributed by atoms with Crippen molar-refractivity contribution in [1.29, 1.82) is 0 Å². The Hall–Kier alpha value is -1.91. The van der Waals surface area contributed by atoms with Crippen molar-refractivity contribution in [3.8, 4) is 0 Å². The van der Waals surface area contributed by atoms with Crippen LogP contribution in [0.25, 0.3) is 0 Å². The zero-order chi connectivity index (χ0) is 16.5. The lowest BCUT2D eigenvalue weighted by Gasteiger charge is -2.21. The van der Waals surface area contributed by atoms with Gasteiger partial charge in [-0.2, -0.15) is 0 Å². The van der Waals surface area contributed by atoms with E-state index in [1.54, 1.807) is 12.1 Å². The number of benzene rings is 1. The Morgan fingerprint density at radius 2 is 1.88 bits per heavy atom. The minimum atomic E-state index is 0.100. The van der Waals surface area contributed by atoms with E-state index in [2.05, 4.69) is 16.0 Å². The summed E-state index contributed by atoms with van der Waals surface area (Å²) in [6.45, 7) is 4.67. The lowest BCUT2D eigenvalue weighted by atomic mass is 10.0. The van der Waals surface area contributed by atoms with Gasteiger partial charge in [-0.1, -0.05) is 23.7 Å². The van der Waals surface area contributed by atoms with Crippen LogP contribution in [0.15, 0.2) is 48.7 Å². The van der Waals surface area contributed by atoms with Crippen LogP contribution in [-0.4, -0.2) is 46.9 Å². The molecule has 5 heteroatoms. The highest BCUT2D eigenvalue weighted by Crippen LogP contribution is 2.32. The van der Waals surface area contributed by atoms with Gasteiger partial charge in [0.15, 0.2) is 0 Å². The van der Waals surface area contributed by atoms with Crippen LogP contribution < -0.4 is 0 Å². The van der Waals surface area contributed by atoms with Crippen LogP contribution in [0.5, 0.6) is 0 Å². The van der Waals surface area contributed by atoms with E-state index in [-0.39, 0.29) is 5.91 Å². The van der Waals surface area contributed by atoms with Gasteiger partial charge in [-0.15, -0.1) is 0 Å². The fourth-order valence-corrected chi connectivity index (χ4v) is 4.10. The second-order valence-corrected chi connectivity index (χ2v) is 7.19. The molecule has 2 aliphatic rings. The summed E-state index contributed by atoms with van der Waals surface area (Å²) in [7, 11) is 0. The van der Waals surface area contributed by atoms with Crippen LogP contribution in [0.3, 0.4) is 0 Å². The fourth-order valence-electron chi connectivity index (χ4n) is 3.91. The minimum absolute atomic E-state index is 0.100. The highest BCUT2D eigenvalue weighted by molar-refractivity contribution is 6.30. The number of fused-ring (bicyclic) bond motifs is 1. The molecule has 0 unspecified atom stereocenters. The third-order valence-corrected chi connectivity index (χ3v) is 5.27. The number of hydrogen-bond donors (Lipinski definition) is 0. The summed E-state index contributed by atoms with van der Waals surface area (Å²) < 4.78 is 0. The Morgan fingerprint density at radius 3 is 2.54 bits per heavy atom. The molecule has 124 valence electrons. The SMILES string of the molecule is O=C(c1cccc(Cl)c1)N1C[C@H]2CN(Cc3ccccn3)C[C@H]2C1. The Bertz CT molecular complexity index is 722. The highest BCUT2D eigenvalue weighted by Gasteiger charge is 2.41. The number of carbonyl (C=O) groups excluding carboxylic acids is 1. The largest absolute Gasteiger partial charge is 0.338 e. The normalized spacial score (nSPS) is 23.5. The lowest BCUT2D eigenvalue weighted by Crippen LogP contribution is -2.33. The highest BCUT2D eigenvalue weighted by atomic mass is 35.5. The zero-order valence-electron chi connectivity index (χ0n) is 13.4. The summed E-state index contributed by atoms with van der Waals surface area (Å²) in [6.07, 6.45) is 1.84. The first-order chi connectivity index (χ1) is 11.7. The van der Waals surface area contributed by atoms with Crippen molar-refractivity contribution in [3.05, 3.63) is 64.9 Å². The smallest absolute Gasteiger partial charge is 0.253 e. The maximum Gasteiger partial charge on any atom is 0.253 e. The number of nitrogens with zero attached hydrogens (tertiary/aromatic N) is 3. The van der Waals surface area contributed by atoms with Crippen molar-refractivity contribution in [2.75, 3.05) is 26.2 Å². The van der Waals surface area contributed by atoms with E-state index in [4.69, 9.17) is 11.6 Å². The maximum atomic E-state index is 12.6. The fraction of sp³-hybridized carbons (Fsp3) is 0.368. The molecule has 0 aliphatic carbocycles. The molecule has 1 aromatic heterocycles. The molecule has 2 atom stereocenters. The number of carbonyl (C=O) groups is 1. The van der Waals surface area contributed by atoms with Crippen molar-refractivity contribution < 1.29 is 4.79 Å². The second kappa shape index (κ2) is 6.54. The average Bonchev–Trinajstić information content (AvgIpc) is 3.13. The van der Waals surface area contributed by atoms with E-state index < -0.39 is 0 Å². The topological polar surface area (TPSA) is 36.4 Å². The van der Waals surface area contributed by atoms with Gasteiger partial charge < -0.3 is 4.90 Å². The van der Waals surface area contributed by atoms with Gasteiger partial charge >= 0.3 is 0 Å². The number of halogens is 1. The van der Waals surface area contributed by atoms with Crippen LogP contribution in [0.1, 0.15) is 16.1 Å². The molecule has 2 aromatic rings. The Morgan fingerprint density at radius 1 is 1.08 bits per heavy atom. The molecule has 0 saturated carbocycles. The molecule has 4 rings (SSSR count). The molecular formula is C19H20ClN3O. The van der Waals surface area contributed by atoms with Crippen molar-refractivity contribution in [1.82, 2.24) is 14.8 Å². The molecule has 1 aromatic carbocycles. The molecule has 2 saturated heterocycles. The van der Waals surface area contributed by atoms with Crippen LogP contribution in [-0.2, 0) is 6.54 Å². The maximum absolute atomic E-state index is 12.6. The minimum Gasteiger partial charge on any atom is -0.338 e. The number of rotatable bonds is 3. The van der Waals surface area contributed by atoms with E-state index in [1.807, 2.05) is 35.4 Å².